The van der Waals surface area contributed by atoms with Crippen molar-refractivity contribution < 1.29 is 38.4 Å². The van der Waals surface area contributed by atoms with Crippen molar-refractivity contribution in [3.05, 3.63) is 0 Å². The predicted molar refractivity (Wildman–Crippen MR) is 94.6 cm³/mol. The average molecular weight is 398 g/mol. The van der Waals surface area contributed by atoms with Gasteiger partial charge in [-0.2, -0.15) is 0 Å². The molecule has 0 saturated heterocycles. The van der Waals surface area contributed by atoms with Crippen molar-refractivity contribution in [2.24, 2.45) is 10.6 Å². The molecule has 0 rings (SSSR count). The highest BCUT2D eigenvalue weighted by atomic mass is 31.2. The first kappa shape index (κ1) is 24.5. The summed E-state index contributed by atoms with van der Waals surface area (Å²) >= 11 is 0. The van der Waals surface area contributed by atoms with Crippen LogP contribution in [0.5, 0.6) is 0 Å². The van der Waals surface area contributed by atoms with Crippen molar-refractivity contribution in [1.82, 2.24) is 10.6 Å². The molecule has 0 aromatic rings. The Balaban J connectivity index is 4.25. The molecule has 6 N–H and O–H groups in total. The van der Waals surface area contributed by atoms with Crippen molar-refractivity contribution in [2.75, 3.05) is 26.8 Å². The van der Waals surface area contributed by atoms with Crippen LogP contribution in [0.1, 0.15) is 33.6 Å². The number of carbonyl (C=O) groups is 2. The summed E-state index contributed by atoms with van der Waals surface area (Å²) in [6, 6.07) is 0. The number of phosphoric ester groups is 1. The van der Waals surface area contributed by atoms with Gasteiger partial charge in [-0.05, 0) is 6.92 Å². The van der Waals surface area contributed by atoms with Crippen LogP contribution in [0.15, 0.2) is 5.16 Å². The number of phosphoric acid groups is 1. The van der Waals surface area contributed by atoms with Gasteiger partial charge in [0.25, 0.3) is 0 Å². The Morgan fingerprint density at radius 2 is 1.85 bits per heavy atom. The highest BCUT2D eigenvalue weighted by Gasteiger charge is 2.36. The topological polar surface area (TPSA) is 169 Å². The van der Waals surface area contributed by atoms with Crippen LogP contribution in [0.3, 0.4) is 0 Å². The molecule has 11 nitrogen and oxygen atoms in total. The number of amides is 2. The van der Waals surface area contributed by atoms with E-state index in [9.17, 15) is 24.2 Å². The fourth-order valence-corrected chi connectivity index (χ4v) is 2.26. The van der Waals surface area contributed by atoms with Crippen LogP contribution in [0, 0.1) is 5.41 Å². The summed E-state index contributed by atoms with van der Waals surface area (Å²) in [5, 5.41) is 25.1. The molecular formula is C14H29N3O8P+. The Bertz CT molecular complexity index is 552. The zero-order chi connectivity index (χ0) is 20.4. The lowest BCUT2D eigenvalue weighted by Crippen LogP contribution is -2.46. The second-order valence-electron chi connectivity index (χ2n) is 6.30. The number of aliphatic hydroxyl groups is 1. The summed E-state index contributed by atoms with van der Waals surface area (Å²) < 4.78 is 20.2. The van der Waals surface area contributed by atoms with E-state index in [4.69, 9.17) is 9.73 Å². The summed E-state index contributed by atoms with van der Waals surface area (Å²) in [7, 11) is -3.21. The van der Waals surface area contributed by atoms with E-state index in [1.54, 1.807) is 6.92 Å². The number of rotatable bonds is 12. The fourth-order valence-electron chi connectivity index (χ4n) is 1.66. The second-order valence-corrected chi connectivity index (χ2v) is 7.86. The quantitative estimate of drug-likeness (QED) is 0.145. The smallest absolute Gasteiger partial charge is 0.469 e. The number of nitrogens with one attached hydrogen (secondary N) is 2. The zero-order valence-electron chi connectivity index (χ0n) is 15.4. The normalized spacial score (nSPS) is 15.8. The molecule has 0 radical (unpaired) electrons. The van der Waals surface area contributed by atoms with Crippen LogP contribution in [-0.4, -0.2) is 65.6 Å². The van der Waals surface area contributed by atoms with Crippen LogP contribution in [0.25, 0.3) is 0 Å². The Morgan fingerprint density at radius 3 is 2.38 bits per heavy atom. The molecule has 1 unspecified atom stereocenters. The van der Waals surface area contributed by atoms with Gasteiger partial charge >= 0.3 is 7.82 Å². The summed E-state index contributed by atoms with van der Waals surface area (Å²) in [6.45, 7) is 4.61. The monoisotopic (exact) mass is 398 g/mol. The van der Waals surface area contributed by atoms with E-state index >= 15 is 0 Å². The molecule has 152 valence electrons. The molecule has 0 spiro atoms. The molecule has 0 saturated carbocycles. The molecule has 12 heteroatoms. The van der Waals surface area contributed by atoms with Gasteiger partial charge in [-0.25, -0.2) is 4.57 Å². The van der Waals surface area contributed by atoms with Crippen molar-refractivity contribution in [3.63, 3.8) is 0 Å². The zero-order valence-corrected chi connectivity index (χ0v) is 16.3. The van der Waals surface area contributed by atoms with E-state index in [-0.39, 0.29) is 25.5 Å². The summed E-state index contributed by atoms with van der Waals surface area (Å²) in [6.07, 6.45) is -1.04. The van der Waals surface area contributed by atoms with Gasteiger partial charge in [-0.3, -0.25) is 18.6 Å². The number of hydrogen-bond donors (Lipinski definition) is 4. The molecule has 2 amide bonds. The van der Waals surface area contributed by atoms with Gasteiger partial charge in [0.1, 0.15) is 11.8 Å². The van der Waals surface area contributed by atoms with E-state index in [1.807, 2.05) is 0 Å². The lowest BCUT2D eigenvalue weighted by atomic mass is 9.87. The van der Waals surface area contributed by atoms with Crippen molar-refractivity contribution in [3.8, 4) is 0 Å². The summed E-state index contributed by atoms with van der Waals surface area (Å²) in [5.74, 6) is -1.02. The standard InChI is InChI=1S/C14H28N3O8P/c1-10(17-21)5-7-15-11(18)6-8-16-13(20)12(19)14(2,3)9-25-26(22,23)24-4/h12,19,21H,5-9H2,1-4H3,(H,15,18)(H,16,20)(H,22,23)/p+1/b17-10+/t12-/m0/s1. The maximum Gasteiger partial charge on any atom is 0.471 e. The number of aliphatic hydroxyl groups excluding tert-OH is 1. The molecule has 0 fully saturated rings. The molecule has 0 aliphatic rings. The first-order valence-corrected chi connectivity index (χ1v) is 9.40. The number of nitrogens with zero attached hydrogens (tertiary/aromatic N) is 1. The Kier molecular flexibility index (Phi) is 10.6. The van der Waals surface area contributed by atoms with Crippen molar-refractivity contribution in [1.29, 1.82) is 0 Å². The molecule has 0 aromatic carbocycles. The largest absolute Gasteiger partial charge is 0.471 e. The van der Waals surface area contributed by atoms with Gasteiger partial charge in [0.2, 0.25) is 11.8 Å². The minimum Gasteiger partial charge on any atom is -0.469 e. The highest BCUT2D eigenvalue weighted by Crippen LogP contribution is 2.43. The Labute approximate surface area is 152 Å². The first-order chi connectivity index (χ1) is 11.9. The van der Waals surface area contributed by atoms with Gasteiger partial charge in [0.05, 0.1) is 6.61 Å². The number of carbonyl (C=O) groups excluding carboxylic acids is 2. The van der Waals surface area contributed by atoms with Crippen LogP contribution in [0.4, 0.5) is 0 Å². The SMILES string of the molecule is COP(=O)(O)OCC(C)(C)[C@@H](O)C(=O)NCCC(=O)NCC/C(C)=N/[OH2+]. The van der Waals surface area contributed by atoms with Crippen molar-refractivity contribution in [2.45, 2.75) is 39.7 Å². The van der Waals surface area contributed by atoms with E-state index in [0.29, 0.717) is 18.7 Å². The lowest BCUT2D eigenvalue weighted by molar-refractivity contribution is -0.137. The molecule has 0 heterocycles. The van der Waals surface area contributed by atoms with Gasteiger partial charge in [-0.1, -0.05) is 13.8 Å². The maximum atomic E-state index is 12.0. The van der Waals surface area contributed by atoms with E-state index in [2.05, 4.69) is 20.3 Å². The predicted octanol–water partition coefficient (Wildman–Crippen LogP) is -0.750. The molecule has 0 aromatic heterocycles. The fraction of sp³-hybridized carbons (Fsp3) is 0.786. The summed E-state index contributed by atoms with van der Waals surface area (Å²) in [5.41, 5.74) is -0.566. The molecule has 0 bridgehead atoms. The van der Waals surface area contributed by atoms with Crippen LogP contribution in [-0.2, 0) is 23.2 Å². The molecule has 26 heavy (non-hydrogen) atoms. The Hall–Kier alpha value is -1.52. The van der Waals surface area contributed by atoms with E-state index < -0.39 is 25.2 Å². The lowest BCUT2D eigenvalue weighted by Gasteiger charge is -2.29. The van der Waals surface area contributed by atoms with Crippen molar-refractivity contribution >= 4 is 25.3 Å². The third-order valence-corrected chi connectivity index (χ3v) is 4.39. The van der Waals surface area contributed by atoms with Gasteiger partial charge in [0.15, 0.2) is 0 Å². The Morgan fingerprint density at radius 1 is 1.27 bits per heavy atom. The molecular weight excluding hydrogens is 369 g/mol. The van der Waals surface area contributed by atoms with Gasteiger partial charge < -0.3 is 25.8 Å². The van der Waals surface area contributed by atoms with E-state index in [1.165, 1.54) is 13.8 Å². The minimum atomic E-state index is -4.21. The average Bonchev–Trinajstić information content (AvgIpc) is 2.59. The third kappa shape index (κ3) is 9.83. The van der Waals surface area contributed by atoms with Gasteiger partial charge in [0, 0.05) is 43.6 Å². The highest BCUT2D eigenvalue weighted by molar-refractivity contribution is 7.47. The molecule has 0 aliphatic heterocycles. The first-order valence-electron chi connectivity index (χ1n) is 7.90. The second kappa shape index (κ2) is 11.2. The maximum absolute atomic E-state index is 12.0. The third-order valence-electron chi connectivity index (χ3n) is 3.47. The van der Waals surface area contributed by atoms with Crippen LogP contribution >= 0.6 is 7.82 Å². The number of hydrogen-bond acceptors (Lipinski definition) is 7. The molecule has 0 aliphatic carbocycles. The van der Waals surface area contributed by atoms with E-state index in [0.717, 1.165) is 7.11 Å². The summed E-state index contributed by atoms with van der Waals surface area (Å²) in [4.78, 5) is 32.8. The van der Waals surface area contributed by atoms with Crippen LogP contribution in [0.2, 0.25) is 0 Å². The van der Waals surface area contributed by atoms with Crippen LogP contribution < -0.4 is 10.6 Å². The molecule has 2 atom stereocenters. The minimum absolute atomic E-state index is 0.0146. The van der Waals surface area contributed by atoms with Gasteiger partial charge in [-0.15, -0.1) is 0 Å².